The Balaban J connectivity index is 1.81. The molecule has 0 unspecified atom stereocenters. The van der Waals surface area contributed by atoms with Gasteiger partial charge in [0.1, 0.15) is 5.82 Å². The van der Waals surface area contributed by atoms with Crippen LogP contribution in [-0.4, -0.2) is 15.9 Å². The molecule has 1 amide bonds. The van der Waals surface area contributed by atoms with E-state index in [2.05, 4.69) is 15.3 Å². The summed E-state index contributed by atoms with van der Waals surface area (Å²) >= 11 is 5.85. The number of amides is 1. The summed E-state index contributed by atoms with van der Waals surface area (Å²) in [6.07, 6.45) is 0. The SMILES string of the molecule is Cc1nc2ccc(C(=O)NCc3cc(Cl)ccc3F)cc2nc1C. The second-order valence-corrected chi connectivity index (χ2v) is 5.95. The fourth-order valence-electron chi connectivity index (χ4n) is 2.33. The number of carbonyl (C=O) groups is 1. The molecule has 0 atom stereocenters. The largest absolute Gasteiger partial charge is 0.348 e. The number of fused-ring (bicyclic) bond motifs is 1. The molecule has 0 radical (unpaired) electrons. The molecule has 0 aliphatic carbocycles. The van der Waals surface area contributed by atoms with Gasteiger partial charge in [0.2, 0.25) is 0 Å². The Bertz CT molecular complexity index is 943. The van der Waals surface area contributed by atoms with Gasteiger partial charge in [-0.05, 0) is 50.2 Å². The van der Waals surface area contributed by atoms with Gasteiger partial charge in [0.15, 0.2) is 0 Å². The van der Waals surface area contributed by atoms with Crippen LogP contribution in [0.4, 0.5) is 4.39 Å². The van der Waals surface area contributed by atoms with Gasteiger partial charge >= 0.3 is 0 Å². The van der Waals surface area contributed by atoms with Gasteiger partial charge in [0, 0.05) is 22.7 Å². The predicted octanol–water partition coefficient (Wildman–Crippen LogP) is 3.97. The number of benzene rings is 2. The number of aromatic nitrogens is 2. The molecule has 122 valence electrons. The highest BCUT2D eigenvalue weighted by atomic mass is 35.5. The molecule has 6 heteroatoms. The van der Waals surface area contributed by atoms with Gasteiger partial charge in [-0.1, -0.05) is 11.6 Å². The lowest BCUT2D eigenvalue weighted by Gasteiger charge is -2.08. The third kappa shape index (κ3) is 3.36. The summed E-state index contributed by atoms with van der Waals surface area (Å²) in [7, 11) is 0. The smallest absolute Gasteiger partial charge is 0.251 e. The molecule has 0 aliphatic rings. The molecule has 24 heavy (non-hydrogen) atoms. The Morgan fingerprint density at radius 3 is 2.54 bits per heavy atom. The van der Waals surface area contributed by atoms with Crippen LogP contribution < -0.4 is 5.32 Å². The Morgan fingerprint density at radius 1 is 1.08 bits per heavy atom. The van der Waals surface area contributed by atoms with Gasteiger partial charge in [0.25, 0.3) is 5.91 Å². The summed E-state index contributed by atoms with van der Waals surface area (Å²) in [5.41, 5.74) is 3.85. The Labute approximate surface area is 143 Å². The van der Waals surface area contributed by atoms with E-state index in [-0.39, 0.29) is 12.5 Å². The standard InChI is InChI=1S/C18H15ClFN3O/c1-10-11(2)23-17-8-12(3-6-16(17)22-10)18(24)21-9-13-7-14(19)4-5-15(13)20/h3-8H,9H2,1-2H3,(H,21,24). The van der Waals surface area contributed by atoms with Crippen LogP contribution in [0.15, 0.2) is 36.4 Å². The van der Waals surface area contributed by atoms with Gasteiger partial charge in [-0.2, -0.15) is 0 Å². The topological polar surface area (TPSA) is 54.9 Å². The Kier molecular flexibility index (Phi) is 4.44. The van der Waals surface area contributed by atoms with E-state index in [0.717, 1.165) is 16.9 Å². The molecule has 0 saturated carbocycles. The van der Waals surface area contributed by atoms with Crippen LogP contribution in [0.2, 0.25) is 5.02 Å². The number of hydrogen-bond donors (Lipinski definition) is 1. The van der Waals surface area contributed by atoms with Crippen molar-refractivity contribution in [2.75, 3.05) is 0 Å². The van der Waals surface area contributed by atoms with E-state index < -0.39 is 5.82 Å². The average Bonchev–Trinajstić information content (AvgIpc) is 2.56. The highest BCUT2D eigenvalue weighted by Gasteiger charge is 2.10. The van der Waals surface area contributed by atoms with Crippen molar-refractivity contribution < 1.29 is 9.18 Å². The fraction of sp³-hybridized carbons (Fsp3) is 0.167. The number of halogens is 2. The highest BCUT2D eigenvalue weighted by Crippen LogP contribution is 2.16. The minimum absolute atomic E-state index is 0.0574. The van der Waals surface area contributed by atoms with Crippen LogP contribution in [0.25, 0.3) is 11.0 Å². The van der Waals surface area contributed by atoms with Crippen molar-refractivity contribution in [1.29, 1.82) is 0 Å². The van der Waals surface area contributed by atoms with Crippen LogP contribution in [0, 0.1) is 19.7 Å². The maximum atomic E-state index is 13.7. The first-order valence-corrected chi connectivity index (χ1v) is 7.79. The molecule has 3 rings (SSSR count). The fourth-order valence-corrected chi connectivity index (χ4v) is 2.52. The van der Waals surface area contributed by atoms with Crippen LogP contribution in [-0.2, 0) is 6.54 Å². The monoisotopic (exact) mass is 343 g/mol. The lowest BCUT2D eigenvalue weighted by Crippen LogP contribution is -2.23. The maximum absolute atomic E-state index is 13.7. The van der Waals surface area contributed by atoms with Crippen LogP contribution in [0.3, 0.4) is 0 Å². The molecule has 2 aromatic carbocycles. The first kappa shape index (κ1) is 16.3. The summed E-state index contributed by atoms with van der Waals surface area (Å²) in [6.45, 7) is 3.82. The van der Waals surface area contributed by atoms with Crippen molar-refractivity contribution >= 4 is 28.5 Å². The molecule has 0 aliphatic heterocycles. The van der Waals surface area contributed by atoms with Crippen molar-refractivity contribution in [3.63, 3.8) is 0 Å². The van der Waals surface area contributed by atoms with E-state index in [4.69, 9.17) is 11.6 Å². The Hall–Kier alpha value is -2.53. The van der Waals surface area contributed by atoms with Gasteiger partial charge in [0.05, 0.1) is 22.4 Å². The highest BCUT2D eigenvalue weighted by molar-refractivity contribution is 6.30. The van der Waals surface area contributed by atoms with Crippen LogP contribution in [0.1, 0.15) is 27.3 Å². The summed E-state index contributed by atoms with van der Waals surface area (Å²) in [6, 6.07) is 9.35. The molecule has 1 heterocycles. The lowest BCUT2D eigenvalue weighted by atomic mass is 10.1. The van der Waals surface area contributed by atoms with Crippen LogP contribution in [0.5, 0.6) is 0 Å². The molecule has 1 aromatic heterocycles. The number of carbonyl (C=O) groups excluding carboxylic acids is 1. The Morgan fingerprint density at radius 2 is 1.79 bits per heavy atom. The number of nitrogens with zero attached hydrogens (tertiary/aromatic N) is 2. The van der Waals surface area contributed by atoms with Gasteiger partial charge in [-0.15, -0.1) is 0 Å². The van der Waals surface area contributed by atoms with Gasteiger partial charge in [-0.3, -0.25) is 4.79 Å². The van der Waals surface area contributed by atoms with E-state index in [9.17, 15) is 9.18 Å². The minimum atomic E-state index is -0.407. The summed E-state index contributed by atoms with van der Waals surface area (Å²) < 4.78 is 13.7. The number of hydrogen-bond acceptors (Lipinski definition) is 3. The van der Waals surface area contributed by atoms with E-state index in [0.29, 0.717) is 21.7 Å². The zero-order valence-electron chi connectivity index (χ0n) is 13.2. The molecule has 3 aromatic rings. The van der Waals surface area contributed by atoms with E-state index >= 15 is 0 Å². The third-order valence-corrected chi connectivity index (χ3v) is 4.02. The summed E-state index contributed by atoms with van der Waals surface area (Å²) in [5.74, 6) is -0.716. The van der Waals surface area contributed by atoms with E-state index in [1.165, 1.54) is 18.2 Å². The lowest BCUT2D eigenvalue weighted by molar-refractivity contribution is 0.0950. The summed E-state index contributed by atoms with van der Waals surface area (Å²) in [5, 5.41) is 3.11. The molecule has 0 spiro atoms. The van der Waals surface area contributed by atoms with E-state index in [1.54, 1.807) is 18.2 Å². The number of nitrogens with one attached hydrogen (secondary N) is 1. The quantitative estimate of drug-likeness (QED) is 0.783. The van der Waals surface area contributed by atoms with Crippen molar-refractivity contribution in [3.05, 3.63) is 69.8 Å². The number of aryl methyl sites for hydroxylation is 2. The van der Waals surface area contributed by atoms with E-state index in [1.807, 2.05) is 13.8 Å². The molecular formula is C18H15ClFN3O. The summed E-state index contributed by atoms with van der Waals surface area (Å²) in [4.78, 5) is 21.2. The van der Waals surface area contributed by atoms with Crippen molar-refractivity contribution in [3.8, 4) is 0 Å². The minimum Gasteiger partial charge on any atom is -0.348 e. The second-order valence-electron chi connectivity index (χ2n) is 5.52. The molecule has 1 N–H and O–H groups in total. The zero-order chi connectivity index (χ0) is 17.3. The first-order valence-electron chi connectivity index (χ1n) is 7.41. The van der Waals surface area contributed by atoms with Crippen molar-refractivity contribution in [2.45, 2.75) is 20.4 Å². The van der Waals surface area contributed by atoms with Crippen molar-refractivity contribution in [2.24, 2.45) is 0 Å². The average molecular weight is 344 g/mol. The number of rotatable bonds is 3. The third-order valence-electron chi connectivity index (χ3n) is 3.78. The molecule has 0 bridgehead atoms. The zero-order valence-corrected chi connectivity index (χ0v) is 14.0. The second kappa shape index (κ2) is 6.53. The molecule has 4 nitrogen and oxygen atoms in total. The first-order chi connectivity index (χ1) is 11.4. The van der Waals surface area contributed by atoms with Crippen molar-refractivity contribution in [1.82, 2.24) is 15.3 Å². The molecule has 0 fully saturated rings. The maximum Gasteiger partial charge on any atom is 0.251 e. The molecule has 0 saturated heterocycles. The normalized spacial score (nSPS) is 10.8. The molecular weight excluding hydrogens is 329 g/mol. The van der Waals surface area contributed by atoms with Gasteiger partial charge in [-0.25, -0.2) is 14.4 Å². The van der Waals surface area contributed by atoms with Gasteiger partial charge < -0.3 is 5.32 Å². The van der Waals surface area contributed by atoms with Crippen LogP contribution >= 0.6 is 11.6 Å². The predicted molar refractivity (Wildman–Crippen MR) is 91.6 cm³/mol.